The van der Waals surface area contributed by atoms with Gasteiger partial charge in [-0.3, -0.25) is 9.79 Å². The predicted octanol–water partition coefficient (Wildman–Crippen LogP) is 2.56. The van der Waals surface area contributed by atoms with Crippen molar-refractivity contribution in [2.45, 2.75) is 52.5 Å². The number of rotatable bonds is 7. The van der Waals surface area contributed by atoms with E-state index in [9.17, 15) is 4.79 Å². The van der Waals surface area contributed by atoms with E-state index in [1.165, 1.54) is 9.75 Å². The molecule has 1 saturated heterocycles. The van der Waals surface area contributed by atoms with Gasteiger partial charge in [-0.1, -0.05) is 0 Å². The van der Waals surface area contributed by atoms with Crippen molar-refractivity contribution in [2.24, 2.45) is 4.99 Å². The summed E-state index contributed by atoms with van der Waals surface area (Å²) in [6.07, 6.45) is 3.75. The summed E-state index contributed by atoms with van der Waals surface area (Å²) >= 11 is 1.84. The number of thiophene rings is 1. The first-order chi connectivity index (χ1) is 11.6. The van der Waals surface area contributed by atoms with Crippen LogP contribution in [-0.2, 0) is 11.2 Å². The second-order valence-electron chi connectivity index (χ2n) is 6.36. The number of carbonyl (C=O) groups is 1. The second-order valence-corrected chi connectivity index (χ2v) is 7.73. The SMILES string of the molecule is CCNC(=NCCC(=O)N1CCCC1)NC(C)Cc1ccc(C)s1. The Hall–Kier alpha value is -1.56. The Bertz CT molecular complexity index is 549. The van der Waals surface area contributed by atoms with Crippen LogP contribution in [0.2, 0.25) is 0 Å². The summed E-state index contributed by atoms with van der Waals surface area (Å²) < 4.78 is 0. The lowest BCUT2D eigenvalue weighted by Gasteiger charge is -2.18. The summed E-state index contributed by atoms with van der Waals surface area (Å²) in [6, 6.07) is 4.66. The predicted molar refractivity (Wildman–Crippen MR) is 102 cm³/mol. The van der Waals surface area contributed by atoms with Gasteiger partial charge in [0, 0.05) is 48.3 Å². The van der Waals surface area contributed by atoms with Gasteiger partial charge >= 0.3 is 0 Å². The van der Waals surface area contributed by atoms with Crippen molar-refractivity contribution in [3.63, 3.8) is 0 Å². The lowest BCUT2D eigenvalue weighted by atomic mass is 10.2. The van der Waals surface area contributed by atoms with Gasteiger partial charge in [0.2, 0.25) is 5.91 Å². The number of nitrogens with one attached hydrogen (secondary N) is 2. The van der Waals surface area contributed by atoms with Crippen LogP contribution in [0, 0.1) is 6.92 Å². The van der Waals surface area contributed by atoms with Gasteiger partial charge in [0.15, 0.2) is 5.96 Å². The third-order valence-corrected chi connectivity index (χ3v) is 5.11. The summed E-state index contributed by atoms with van der Waals surface area (Å²) in [6.45, 7) is 9.54. The zero-order valence-electron chi connectivity index (χ0n) is 15.1. The van der Waals surface area contributed by atoms with Crippen molar-refractivity contribution >= 4 is 23.2 Å². The van der Waals surface area contributed by atoms with Gasteiger partial charge < -0.3 is 15.5 Å². The van der Waals surface area contributed by atoms with E-state index in [0.29, 0.717) is 19.0 Å². The summed E-state index contributed by atoms with van der Waals surface area (Å²) in [5.41, 5.74) is 0. The molecule has 5 nitrogen and oxygen atoms in total. The molecule has 1 atom stereocenters. The number of aryl methyl sites for hydroxylation is 1. The number of amides is 1. The van der Waals surface area contributed by atoms with E-state index in [2.05, 4.69) is 48.5 Å². The minimum atomic E-state index is 0.231. The summed E-state index contributed by atoms with van der Waals surface area (Å²) in [4.78, 5) is 21.3. The fourth-order valence-corrected chi connectivity index (χ4v) is 3.91. The molecule has 0 bridgehead atoms. The molecule has 6 heteroatoms. The highest BCUT2D eigenvalue weighted by Crippen LogP contribution is 2.16. The molecule has 0 aliphatic carbocycles. The van der Waals surface area contributed by atoms with Crippen molar-refractivity contribution in [3.05, 3.63) is 21.9 Å². The van der Waals surface area contributed by atoms with Crippen molar-refractivity contribution in [1.29, 1.82) is 0 Å². The highest BCUT2D eigenvalue weighted by molar-refractivity contribution is 7.11. The van der Waals surface area contributed by atoms with Gasteiger partial charge in [-0.15, -0.1) is 11.3 Å². The minimum Gasteiger partial charge on any atom is -0.357 e. The van der Waals surface area contributed by atoms with Crippen LogP contribution in [0.15, 0.2) is 17.1 Å². The number of nitrogens with zero attached hydrogens (tertiary/aromatic N) is 2. The average molecular weight is 351 g/mol. The van der Waals surface area contributed by atoms with Crippen LogP contribution in [0.3, 0.4) is 0 Å². The zero-order valence-corrected chi connectivity index (χ0v) is 15.9. The number of aliphatic imine (C=N–C) groups is 1. The van der Waals surface area contributed by atoms with Gasteiger partial charge in [-0.05, 0) is 45.7 Å². The van der Waals surface area contributed by atoms with Crippen LogP contribution < -0.4 is 10.6 Å². The summed E-state index contributed by atoms with van der Waals surface area (Å²) in [5, 5.41) is 6.70. The Labute approximate surface area is 149 Å². The first kappa shape index (κ1) is 18.8. The molecule has 2 heterocycles. The molecule has 1 aromatic rings. The number of likely N-dealkylation sites (tertiary alicyclic amines) is 1. The van der Waals surface area contributed by atoms with Gasteiger partial charge in [0.1, 0.15) is 0 Å². The maximum absolute atomic E-state index is 12.1. The molecule has 1 aliphatic rings. The molecule has 1 amide bonds. The molecule has 2 N–H and O–H groups in total. The number of carbonyl (C=O) groups excluding carboxylic acids is 1. The molecule has 0 saturated carbocycles. The van der Waals surface area contributed by atoms with Gasteiger partial charge in [0.25, 0.3) is 0 Å². The van der Waals surface area contributed by atoms with Crippen molar-refractivity contribution in [3.8, 4) is 0 Å². The van der Waals surface area contributed by atoms with E-state index in [1.807, 2.05) is 16.2 Å². The molecule has 1 unspecified atom stereocenters. The molecule has 2 rings (SSSR count). The van der Waals surface area contributed by atoms with E-state index >= 15 is 0 Å². The first-order valence-corrected chi connectivity index (χ1v) is 9.78. The molecule has 0 aromatic carbocycles. The monoisotopic (exact) mass is 350 g/mol. The standard InChI is InChI=1S/C18H30N4OS/c1-4-19-18(20-10-9-17(23)22-11-5-6-12-22)21-14(2)13-16-8-7-15(3)24-16/h7-8,14H,4-6,9-13H2,1-3H3,(H2,19,20,21). The van der Waals surface area contributed by atoms with Crippen LogP contribution in [0.5, 0.6) is 0 Å². The van der Waals surface area contributed by atoms with E-state index < -0.39 is 0 Å². The fourth-order valence-electron chi connectivity index (χ4n) is 2.89. The van der Waals surface area contributed by atoms with E-state index in [4.69, 9.17) is 0 Å². The molecule has 0 spiro atoms. The molecule has 134 valence electrons. The molecule has 24 heavy (non-hydrogen) atoms. The van der Waals surface area contributed by atoms with Gasteiger partial charge in [0.05, 0.1) is 6.54 Å². The van der Waals surface area contributed by atoms with Crippen LogP contribution in [0.1, 0.15) is 42.9 Å². The lowest BCUT2D eigenvalue weighted by Crippen LogP contribution is -2.43. The smallest absolute Gasteiger partial charge is 0.224 e. The van der Waals surface area contributed by atoms with Crippen molar-refractivity contribution in [2.75, 3.05) is 26.2 Å². The average Bonchev–Trinajstić information content (AvgIpc) is 3.19. The lowest BCUT2D eigenvalue weighted by molar-refractivity contribution is -0.129. The van der Waals surface area contributed by atoms with Crippen LogP contribution in [-0.4, -0.2) is 49.0 Å². The van der Waals surface area contributed by atoms with Crippen LogP contribution in [0.4, 0.5) is 0 Å². The Morgan fingerprint density at radius 3 is 2.75 bits per heavy atom. The topological polar surface area (TPSA) is 56.7 Å². The molecule has 1 fully saturated rings. The van der Waals surface area contributed by atoms with Crippen molar-refractivity contribution in [1.82, 2.24) is 15.5 Å². The third-order valence-electron chi connectivity index (χ3n) is 4.09. The molecule has 0 radical (unpaired) electrons. The highest BCUT2D eigenvalue weighted by Gasteiger charge is 2.17. The fraction of sp³-hybridized carbons (Fsp3) is 0.667. The first-order valence-electron chi connectivity index (χ1n) is 8.96. The Kier molecular flexibility index (Phi) is 7.56. The summed E-state index contributed by atoms with van der Waals surface area (Å²) in [5.74, 6) is 1.03. The largest absolute Gasteiger partial charge is 0.357 e. The molecule has 1 aliphatic heterocycles. The molecular formula is C18H30N4OS. The maximum Gasteiger partial charge on any atom is 0.224 e. The zero-order chi connectivity index (χ0) is 17.4. The highest BCUT2D eigenvalue weighted by atomic mass is 32.1. The quantitative estimate of drug-likeness (QED) is 0.587. The number of hydrogen-bond acceptors (Lipinski definition) is 3. The Morgan fingerprint density at radius 1 is 1.38 bits per heavy atom. The maximum atomic E-state index is 12.1. The minimum absolute atomic E-state index is 0.231. The van der Waals surface area contributed by atoms with Gasteiger partial charge in [-0.2, -0.15) is 0 Å². The number of guanidine groups is 1. The third kappa shape index (κ3) is 6.15. The second kappa shape index (κ2) is 9.67. The van der Waals surface area contributed by atoms with Crippen LogP contribution in [0.25, 0.3) is 0 Å². The molecule has 1 aromatic heterocycles. The van der Waals surface area contributed by atoms with Crippen LogP contribution >= 0.6 is 11.3 Å². The van der Waals surface area contributed by atoms with Crippen molar-refractivity contribution < 1.29 is 4.79 Å². The normalized spacial score (nSPS) is 16.3. The van der Waals surface area contributed by atoms with E-state index in [1.54, 1.807) is 0 Å². The Balaban J connectivity index is 1.79. The van der Waals surface area contributed by atoms with E-state index in [-0.39, 0.29) is 5.91 Å². The molecular weight excluding hydrogens is 320 g/mol. The Morgan fingerprint density at radius 2 is 2.12 bits per heavy atom. The van der Waals surface area contributed by atoms with E-state index in [0.717, 1.165) is 44.9 Å². The number of hydrogen-bond donors (Lipinski definition) is 2. The summed E-state index contributed by atoms with van der Waals surface area (Å²) in [7, 11) is 0. The van der Waals surface area contributed by atoms with Gasteiger partial charge in [-0.25, -0.2) is 0 Å².